The molecule has 0 atom stereocenters. The lowest BCUT2D eigenvalue weighted by Crippen LogP contribution is -2.36. The summed E-state index contributed by atoms with van der Waals surface area (Å²) in [6.45, 7) is 2.07. The number of alkyl halides is 3. The molecule has 8 heteroatoms. The Morgan fingerprint density at radius 2 is 1.73 bits per heavy atom. The summed E-state index contributed by atoms with van der Waals surface area (Å²) in [6, 6.07) is 9.99. The van der Waals surface area contributed by atoms with Crippen LogP contribution in [0, 0.1) is 0 Å². The molecule has 0 aliphatic carbocycles. The molecule has 2 aromatic carbocycles. The van der Waals surface area contributed by atoms with Crippen molar-refractivity contribution >= 4 is 33.2 Å². The first-order valence-electron chi connectivity index (χ1n) is 7.95. The molecule has 4 nitrogen and oxygen atoms in total. The van der Waals surface area contributed by atoms with Crippen LogP contribution in [0.25, 0.3) is 0 Å². The third-order valence-electron chi connectivity index (χ3n) is 4.03. The minimum Gasteiger partial charge on any atom is -0.378 e. The van der Waals surface area contributed by atoms with Gasteiger partial charge in [0.05, 0.1) is 30.2 Å². The topological polar surface area (TPSA) is 41.6 Å². The van der Waals surface area contributed by atoms with Gasteiger partial charge in [0, 0.05) is 23.1 Å². The summed E-state index contributed by atoms with van der Waals surface area (Å²) in [5.74, 6) is -0.466. The zero-order valence-electron chi connectivity index (χ0n) is 13.6. The average molecular weight is 429 g/mol. The standard InChI is InChI=1S/C18H16BrF3N2O2/c19-14-4-1-12(2-5-14)17(25)23-15-11-13(18(20,21)22)3-6-16(15)24-7-9-26-10-8-24/h1-6,11H,7-10H2,(H,23,25). The second kappa shape index (κ2) is 7.67. The number of carbonyl (C=O) groups is 1. The Hall–Kier alpha value is -2.06. The summed E-state index contributed by atoms with van der Waals surface area (Å²) in [5, 5.41) is 2.62. The van der Waals surface area contributed by atoms with E-state index in [0.29, 0.717) is 37.6 Å². The van der Waals surface area contributed by atoms with Gasteiger partial charge < -0.3 is 15.0 Å². The summed E-state index contributed by atoms with van der Waals surface area (Å²) in [7, 11) is 0. The van der Waals surface area contributed by atoms with Crippen molar-refractivity contribution < 1.29 is 22.7 Å². The average Bonchev–Trinajstić information content (AvgIpc) is 2.62. The van der Waals surface area contributed by atoms with Crippen molar-refractivity contribution in [1.29, 1.82) is 0 Å². The molecule has 0 aromatic heterocycles. The van der Waals surface area contributed by atoms with Crippen LogP contribution in [0.1, 0.15) is 15.9 Å². The summed E-state index contributed by atoms with van der Waals surface area (Å²) < 4.78 is 45.4. The third-order valence-corrected chi connectivity index (χ3v) is 4.56. The van der Waals surface area contributed by atoms with E-state index in [9.17, 15) is 18.0 Å². The van der Waals surface area contributed by atoms with E-state index in [1.165, 1.54) is 6.07 Å². The molecule has 1 aliphatic rings. The molecular weight excluding hydrogens is 413 g/mol. The van der Waals surface area contributed by atoms with Gasteiger partial charge in [-0.3, -0.25) is 4.79 Å². The van der Waals surface area contributed by atoms with Gasteiger partial charge in [-0.1, -0.05) is 15.9 Å². The number of rotatable bonds is 3. The molecule has 1 saturated heterocycles. The minimum absolute atomic E-state index is 0.134. The number of ether oxygens (including phenoxy) is 1. The molecule has 3 rings (SSSR count). The summed E-state index contributed by atoms with van der Waals surface area (Å²) >= 11 is 3.28. The molecule has 0 spiro atoms. The van der Waals surface area contributed by atoms with Gasteiger partial charge in [0.25, 0.3) is 5.91 Å². The highest BCUT2D eigenvalue weighted by molar-refractivity contribution is 9.10. The molecule has 1 amide bonds. The van der Waals surface area contributed by atoms with E-state index in [4.69, 9.17) is 4.74 Å². The molecule has 0 saturated carbocycles. The first-order chi connectivity index (χ1) is 12.3. The summed E-state index contributed by atoms with van der Waals surface area (Å²) in [5.41, 5.74) is 0.237. The van der Waals surface area contributed by atoms with Gasteiger partial charge in [-0.05, 0) is 42.5 Å². The fraction of sp³-hybridized carbons (Fsp3) is 0.278. The molecule has 1 fully saturated rings. The van der Waals surface area contributed by atoms with Crippen LogP contribution in [-0.2, 0) is 10.9 Å². The monoisotopic (exact) mass is 428 g/mol. The van der Waals surface area contributed by atoms with Crippen LogP contribution in [0.3, 0.4) is 0 Å². The molecule has 1 aliphatic heterocycles. The lowest BCUT2D eigenvalue weighted by atomic mass is 10.1. The summed E-state index contributed by atoms with van der Waals surface area (Å²) in [6.07, 6.45) is -4.49. The zero-order valence-corrected chi connectivity index (χ0v) is 15.2. The Bertz CT molecular complexity index is 788. The number of carbonyl (C=O) groups excluding carboxylic acids is 1. The maximum atomic E-state index is 13.1. The highest BCUT2D eigenvalue weighted by Gasteiger charge is 2.32. The van der Waals surface area contributed by atoms with Gasteiger partial charge in [0.15, 0.2) is 0 Å². The molecular formula is C18H16BrF3N2O2. The second-order valence-corrected chi connectivity index (χ2v) is 6.71. The van der Waals surface area contributed by atoms with Crippen LogP contribution in [0.5, 0.6) is 0 Å². The van der Waals surface area contributed by atoms with Crippen molar-refractivity contribution in [3.8, 4) is 0 Å². The van der Waals surface area contributed by atoms with Gasteiger partial charge in [0.1, 0.15) is 0 Å². The molecule has 0 radical (unpaired) electrons. The highest BCUT2D eigenvalue weighted by atomic mass is 79.9. The van der Waals surface area contributed by atoms with Crippen LogP contribution >= 0.6 is 15.9 Å². The number of halogens is 4. The highest BCUT2D eigenvalue weighted by Crippen LogP contribution is 2.36. The Morgan fingerprint density at radius 1 is 1.08 bits per heavy atom. The van der Waals surface area contributed by atoms with Crippen molar-refractivity contribution in [3.63, 3.8) is 0 Å². The number of nitrogens with one attached hydrogen (secondary N) is 1. The number of hydrogen-bond acceptors (Lipinski definition) is 3. The maximum Gasteiger partial charge on any atom is 0.416 e. The van der Waals surface area contributed by atoms with Crippen LogP contribution < -0.4 is 10.2 Å². The largest absolute Gasteiger partial charge is 0.416 e. The number of amides is 1. The van der Waals surface area contributed by atoms with E-state index in [0.717, 1.165) is 16.6 Å². The number of hydrogen-bond donors (Lipinski definition) is 1. The molecule has 1 heterocycles. The normalized spacial score (nSPS) is 15.0. The van der Waals surface area contributed by atoms with E-state index in [1.54, 1.807) is 24.3 Å². The zero-order chi connectivity index (χ0) is 18.7. The quantitative estimate of drug-likeness (QED) is 0.778. The lowest BCUT2D eigenvalue weighted by Gasteiger charge is -2.31. The van der Waals surface area contributed by atoms with Crippen molar-refractivity contribution in [3.05, 3.63) is 58.1 Å². The van der Waals surface area contributed by atoms with E-state index in [-0.39, 0.29) is 5.69 Å². The van der Waals surface area contributed by atoms with Gasteiger partial charge >= 0.3 is 6.18 Å². The predicted octanol–water partition coefficient (Wildman–Crippen LogP) is 4.56. The molecule has 2 aromatic rings. The van der Waals surface area contributed by atoms with Gasteiger partial charge in [-0.2, -0.15) is 13.2 Å². The number of nitrogens with zero attached hydrogens (tertiary/aromatic N) is 1. The number of morpholine rings is 1. The number of anilines is 2. The fourth-order valence-corrected chi connectivity index (χ4v) is 2.95. The Kier molecular flexibility index (Phi) is 5.52. The maximum absolute atomic E-state index is 13.1. The van der Waals surface area contributed by atoms with E-state index in [2.05, 4.69) is 21.2 Å². The van der Waals surface area contributed by atoms with Crippen molar-refractivity contribution in [1.82, 2.24) is 0 Å². The molecule has 0 unspecified atom stereocenters. The fourth-order valence-electron chi connectivity index (χ4n) is 2.69. The first-order valence-corrected chi connectivity index (χ1v) is 8.75. The third kappa shape index (κ3) is 4.37. The van der Waals surface area contributed by atoms with E-state index >= 15 is 0 Å². The van der Waals surface area contributed by atoms with Crippen LogP contribution in [0.15, 0.2) is 46.9 Å². The molecule has 138 valence electrons. The Labute approximate surface area is 157 Å². The van der Waals surface area contributed by atoms with E-state index in [1.807, 2.05) is 4.90 Å². The molecule has 0 bridgehead atoms. The van der Waals surface area contributed by atoms with Crippen LogP contribution in [0.2, 0.25) is 0 Å². The SMILES string of the molecule is O=C(Nc1cc(C(F)(F)F)ccc1N1CCOCC1)c1ccc(Br)cc1. The summed E-state index contributed by atoms with van der Waals surface area (Å²) in [4.78, 5) is 14.4. The van der Waals surface area contributed by atoms with Crippen molar-refractivity contribution in [2.24, 2.45) is 0 Å². The predicted molar refractivity (Wildman–Crippen MR) is 96.6 cm³/mol. The number of benzene rings is 2. The lowest BCUT2D eigenvalue weighted by molar-refractivity contribution is -0.137. The Balaban J connectivity index is 1.93. The van der Waals surface area contributed by atoms with Gasteiger partial charge in [-0.15, -0.1) is 0 Å². The van der Waals surface area contributed by atoms with Crippen molar-refractivity contribution in [2.75, 3.05) is 36.5 Å². The first kappa shape index (κ1) is 18.7. The van der Waals surface area contributed by atoms with Gasteiger partial charge in [0.2, 0.25) is 0 Å². The molecule has 26 heavy (non-hydrogen) atoms. The van der Waals surface area contributed by atoms with Crippen LogP contribution in [0.4, 0.5) is 24.5 Å². The van der Waals surface area contributed by atoms with Gasteiger partial charge in [-0.25, -0.2) is 0 Å². The second-order valence-electron chi connectivity index (χ2n) is 5.79. The minimum atomic E-state index is -4.49. The van der Waals surface area contributed by atoms with Crippen LogP contribution in [-0.4, -0.2) is 32.2 Å². The van der Waals surface area contributed by atoms with Crippen molar-refractivity contribution in [2.45, 2.75) is 6.18 Å². The smallest absolute Gasteiger partial charge is 0.378 e. The molecule has 1 N–H and O–H groups in total. The van der Waals surface area contributed by atoms with E-state index < -0.39 is 17.6 Å². The Morgan fingerprint density at radius 3 is 2.35 bits per heavy atom.